The van der Waals surface area contributed by atoms with Crippen LogP contribution < -0.4 is 10.4 Å². The summed E-state index contributed by atoms with van der Waals surface area (Å²) in [6.07, 6.45) is 1.27. The van der Waals surface area contributed by atoms with Gasteiger partial charge in [-0.1, -0.05) is 77.1 Å². The summed E-state index contributed by atoms with van der Waals surface area (Å²) in [6, 6.07) is 21.5. The Balaban J connectivity index is 2.21. The lowest BCUT2D eigenvalue weighted by Crippen LogP contribution is -2.60. The monoisotopic (exact) mass is 310 g/mol. The maximum Gasteiger partial charge on any atom is 0.126 e. The molecule has 0 saturated carbocycles. The van der Waals surface area contributed by atoms with Crippen molar-refractivity contribution in [2.75, 3.05) is 0 Å². The van der Waals surface area contributed by atoms with Gasteiger partial charge < -0.3 is 10.2 Å². The molecule has 2 nitrogen and oxygen atoms in total. The number of allylic oxidation sites excluding steroid dienone is 1. The molecule has 114 valence electrons. The van der Waals surface area contributed by atoms with Crippen molar-refractivity contribution >= 4 is 18.4 Å². The van der Waals surface area contributed by atoms with E-state index in [1.807, 2.05) is 18.2 Å². The number of hydrogen-bond acceptors (Lipinski definition) is 2. The van der Waals surface area contributed by atoms with Gasteiger partial charge in [0.1, 0.15) is 8.07 Å². The lowest BCUT2D eigenvalue weighted by Gasteiger charge is -2.35. The van der Waals surface area contributed by atoms with Crippen LogP contribution in [0.3, 0.4) is 0 Å². The van der Waals surface area contributed by atoms with Crippen LogP contribution in [0.1, 0.15) is 6.42 Å². The number of aliphatic hydroxyl groups is 2. The minimum atomic E-state index is -2.23. The van der Waals surface area contributed by atoms with Crippen LogP contribution in [0.4, 0.5) is 0 Å². The highest BCUT2D eigenvalue weighted by molar-refractivity contribution is 7.04. The van der Waals surface area contributed by atoms with E-state index in [4.69, 9.17) is 0 Å². The molecule has 3 rings (SSSR count). The molecular weight excluding hydrogens is 288 g/mol. The summed E-state index contributed by atoms with van der Waals surface area (Å²) in [5, 5.41) is 23.5. The average molecular weight is 310 g/mol. The van der Waals surface area contributed by atoms with Crippen LogP contribution in [0.25, 0.3) is 0 Å². The van der Waals surface area contributed by atoms with E-state index < -0.39 is 20.3 Å². The van der Waals surface area contributed by atoms with Crippen molar-refractivity contribution in [3.8, 4) is 0 Å². The van der Waals surface area contributed by atoms with Gasteiger partial charge in [0.25, 0.3) is 0 Å². The van der Waals surface area contributed by atoms with Crippen molar-refractivity contribution < 1.29 is 10.2 Å². The molecule has 22 heavy (non-hydrogen) atoms. The Labute approximate surface area is 132 Å². The van der Waals surface area contributed by atoms with Crippen LogP contribution in [0.2, 0.25) is 11.6 Å². The van der Waals surface area contributed by atoms with Gasteiger partial charge in [0.15, 0.2) is 0 Å². The maximum absolute atomic E-state index is 10.6. The minimum Gasteiger partial charge on any atom is -0.391 e. The second kappa shape index (κ2) is 6.21. The van der Waals surface area contributed by atoms with Crippen molar-refractivity contribution in [3.63, 3.8) is 0 Å². The molecule has 0 bridgehead atoms. The molecule has 0 amide bonds. The molecule has 1 aliphatic rings. The molecule has 1 fully saturated rings. The van der Waals surface area contributed by atoms with Gasteiger partial charge in [-0.25, -0.2) is 0 Å². The van der Waals surface area contributed by atoms with Gasteiger partial charge in [-0.15, -0.1) is 6.58 Å². The molecule has 0 aromatic heterocycles. The van der Waals surface area contributed by atoms with Gasteiger partial charge in [0, 0.05) is 0 Å². The van der Waals surface area contributed by atoms with E-state index in [1.165, 1.54) is 10.4 Å². The van der Waals surface area contributed by atoms with Crippen LogP contribution in [-0.2, 0) is 0 Å². The third kappa shape index (κ3) is 2.35. The molecule has 2 aromatic rings. The molecule has 1 heterocycles. The third-order valence-electron chi connectivity index (χ3n) is 4.97. The highest BCUT2D eigenvalue weighted by Crippen LogP contribution is 2.42. The predicted octanol–water partition coefficient (Wildman–Crippen LogP) is 1.93. The zero-order valence-corrected chi connectivity index (χ0v) is 13.6. The molecule has 1 saturated heterocycles. The van der Waals surface area contributed by atoms with E-state index in [0.29, 0.717) is 6.04 Å². The zero-order valence-electron chi connectivity index (χ0n) is 12.6. The topological polar surface area (TPSA) is 40.5 Å². The molecular formula is C19H22O2Si. The maximum atomic E-state index is 10.6. The van der Waals surface area contributed by atoms with Crippen LogP contribution in [0.15, 0.2) is 73.3 Å². The fourth-order valence-electron chi connectivity index (χ4n) is 3.98. The summed E-state index contributed by atoms with van der Waals surface area (Å²) >= 11 is 0. The van der Waals surface area contributed by atoms with Crippen LogP contribution >= 0.6 is 0 Å². The highest BCUT2D eigenvalue weighted by Gasteiger charge is 2.55. The summed E-state index contributed by atoms with van der Waals surface area (Å²) in [5.74, 6) is 0. The summed E-state index contributed by atoms with van der Waals surface area (Å²) in [5.41, 5.74) is 0.0600. The molecule has 0 unspecified atom stereocenters. The second-order valence-corrected chi connectivity index (χ2v) is 10.3. The van der Waals surface area contributed by atoms with E-state index >= 15 is 0 Å². The van der Waals surface area contributed by atoms with Crippen molar-refractivity contribution in [2.45, 2.75) is 30.2 Å². The predicted molar refractivity (Wildman–Crippen MR) is 93.3 cm³/mol. The van der Waals surface area contributed by atoms with Crippen LogP contribution in [0, 0.1) is 0 Å². The van der Waals surface area contributed by atoms with E-state index in [-0.39, 0.29) is 5.54 Å². The van der Waals surface area contributed by atoms with Crippen molar-refractivity contribution in [3.05, 3.63) is 73.3 Å². The standard InChI is InChI=1S/C19H22O2Si/c1-2-9-18-19(21)17(20)14-22(18,15-10-5-3-6-11-15)16-12-7-4-8-13-16/h2-8,10-13,17-21H,1,9,14H2/t17-,18+,19-/m1/s1. The molecule has 0 spiro atoms. The van der Waals surface area contributed by atoms with Gasteiger partial charge in [-0.3, -0.25) is 0 Å². The Hall–Kier alpha value is -1.68. The average Bonchev–Trinajstić information content (AvgIpc) is 2.83. The summed E-state index contributed by atoms with van der Waals surface area (Å²) in [7, 11) is -2.23. The Kier molecular flexibility index (Phi) is 4.29. The fourth-order valence-corrected chi connectivity index (χ4v) is 9.80. The van der Waals surface area contributed by atoms with Crippen molar-refractivity contribution in [1.29, 1.82) is 0 Å². The zero-order chi connectivity index (χ0) is 15.6. The molecule has 3 heteroatoms. The smallest absolute Gasteiger partial charge is 0.126 e. The van der Waals surface area contributed by atoms with Crippen molar-refractivity contribution in [2.24, 2.45) is 0 Å². The first-order valence-corrected chi connectivity index (χ1v) is 10.1. The largest absolute Gasteiger partial charge is 0.391 e. The number of hydrogen-bond donors (Lipinski definition) is 2. The molecule has 2 aromatic carbocycles. The van der Waals surface area contributed by atoms with Gasteiger partial charge >= 0.3 is 0 Å². The normalized spacial score (nSPS) is 26.7. The lowest BCUT2D eigenvalue weighted by atomic mass is 10.1. The molecule has 1 aliphatic heterocycles. The summed E-state index contributed by atoms with van der Waals surface area (Å²) in [6.45, 7) is 3.87. The van der Waals surface area contributed by atoms with E-state index in [2.05, 4.69) is 55.1 Å². The Morgan fingerprint density at radius 3 is 1.91 bits per heavy atom. The SMILES string of the molecule is C=CC[C@H]1[C@H](O)[C@H](O)C[Si]1(c1ccccc1)c1ccccc1. The van der Waals surface area contributed by atoms with E-state index in [1.54, 1.807) is 0 Å². The van der Waals surface area contributed by atoms with Crippen molar-refractivity contribution in [1.82, 2.24) is 0 Å². The Morgan fingerprint density at radius 1 is 0.955 bits per heavy atom. The number of benzene rings is 2. The molecule has 3 atom stereocenters. The second-order valence-electron chi connectivity index (χ2n) is 6.10. The quantitative estimate of drug-likeness (QED) is 0.669. The van der Waals surface area contributed by atoms with Gasteiger partial charge in [0.2, 0.25) is 0 Å². The number of aliphatic hydroxyl groups excluding tert-OH is 2. The van der Waals surface area contributed by atoms with Crippen LogP contribution in [-0.4, -0.2) is 30.5 Å². The number of rotatable bonds is 4. The van der Waals surface area contributed by atoms with Gasteiger partial charge in [-0.05, 0) is 18.0 Å². The first kappa shape index (κ1) is 15.2. The van der Waals surface area contributed by atoms with E-state index in [0.717, 1.165) is 6.42 Å². The molecule has 0 aliphatic carbocycles. The van der Waals surface area contributed by atoms with Crippen LogP contribution in [0.5, 0.6) is 0 Å². The summed E-state index contributed by atoms with van der Waals surface area (Å²) < 4.78 is 0. The first-order valence-electron chi connectivity index (χ1n) is 7.78. The molecule has 2 N–H and O–H groups in total. The lowest BCUT2D eigenvalue weighted by molar-refractivity contribution is 0.0394. The van der Waals surface area contributed by atoms with E-state index in [9.17, 15) is 10.2 Å². The third-order valence-corrected chi connectivity index (χ3v) is 10.6. The fraction of sp³-hybridized carbons (Fsp3) is 0.263. The first-order chi connectivity index (χ1) is 10.7. The Bertz CT molecular complexity index is 587. The minimum absolute atomic E-state index is 0.0600. The Morgan fingerprint density at radius 2 is 1.45 bits per heavy atom. The van der Waals surface area contributed by atoms with Gasteiger partial charge in [-0.2, -0.15) is 0 Å². The highest BCUT2D eigenvalue weighted by atomic mass is 28.3. The summed E-state index contributed by atoms with van der Waals surface area (Å²) in [4.78, 5) is 0. The molecule has 0 radical (unpaired) electrons. The van der Waals surface area contributed by atoms with Gasteiger partial charge in [0.05, 0.1) is 12.2 Å².